The molecule has 0 aliphatic carbocycles. The van der Waals surface area contributed by atoms with Gasteiger partial charge in [-0.05, 0) is 29.3 Å². The van der Waals surface area contributed by atoms with E-state index in [1.54, 1.807) is 29.5 Å². The molecule has 2 aromatic heterocycles. The predicted molar refractivity (Wildman–Crippen MR) is 102 cm³/mol. The Balaban J connectivity index is 1.51. The van der Waals surface area contributed by atoms with Gasteiger partial charge in [0.25, 0.3) is 0 Å². The second-order valence-electron chi connectivity index (χ2n) is 6.03. The summed E-state index contributed by atoms with van der Waals surface area (Å²) in [6.45, 7) is 1.49. The number of hydrogen-bond acceptors (Lipinski definition) is 6. The van der Waals surface area contributed by atoms with E-state index in [-0.39, 0.29) is 24.3 Å². The minimum Gasteiger partial charge on any atom is -0.462 e. The predicted octanol–water partition coefficient (Wildman–Crippen LogP) is 3.70. The normalized spacial score (nSPS) is 15.4. The van der Waals surface area contributed by atoms with E-state index in [2.05, 4.69) is 15.5 Å². The Kier molecular flexibility index (Phi) is 4.55. The van der Waals surface area contributed by atoms with Crippen molar-refractivity contribution in [3.8, 4) is 10.8 Å². The minimum atomic E-state index is -0.360. The van der Waals surface area contributed by atoms with Crippen molar-refractivity contribution in [1.29, 1.82) is 0 Å². The number of nitrogens with one attached hydrogen (secondary N) is 1. The molecule has 7 nitrogen and oxygen atoms in total. The van der Waals surface area contributed by atoms with Gasteiger partial charge in [0.1, 0.15) is 0 Å². The van der Waals surface area contributed by atoms with E-state index in [0.717, 1.165) is 11.1 Å². The standard InChI is InChI=1S/C19H16N4O3S/c1-12(24)23-9-8-13-5-2-3-6-14(13)15(23)11-17(25)20-19-22-21-18(27-19)16-7-4-10-26-16/h2-10,15H,11H2,1H3,(H,20,22,25)/t15-/m0/s1. The van der Waals surface area contributed by atoms with Crippen LogP contribution in [0.2, 0.25) is 0 Å². The van der Waals surface area contributed by atoms with Gasteiger partial charge in [-0.3, -0.25) is 9.59 Å². The van der Waals surface area contributed by atoms with Crippen LogP contribution in [0.3, 0.4) is 0 Å². The number of carbonyl (C=O) groups excluding carboxylic acids is 2. The average molecular weight is 380 g/mol. The zero-order valence-electron chi connectivity index (χ0n) is 14.5. The van der Waals surface area contributed by atoms with Crippen LogP contribution in [0.25, 0.3) is 16.8 Å². The van der Waals surface area contributed by atoms with Crippen LogP contribution in [-0.2, 0) is 9.59 Å². The van der Waals surface area contributed by atoms with Crippen LogP contribution in [0, 0.1) is 0 Å². The molecule has 0 spiro atoms. The number of anilines is 1. The lowest BCUT2D eigenvalue weighted by atomic mass is 9.93. The summed E-state index contributed by atoms with van der Waals surface area (Å²) >= 11 is 1.23. The quantitative estimate of drug-likeness (QED) is 0.745. The summed E-state index contributed by atoms with van der Waals surface area (Å²) in [5.74, 6) is 0.246. The zero-order chi connectivity index (χ0) is 18.8. The molecule has 0 saturated heterocycles. The fourth-order valence-electron chi connectivity index (χ4n) is 3.03. The second kappa shape index (κ2) is 7.16. The molecule has 1 N–H and O–H groups in total. The highest BCUT2D eigenvalue weighted by Gasteiger charge is 2.28. The molecule has 3 heterocycles. The molecule has 3 aromatic rings. The van der Waals surface area contributed by atoms with Crippen LogP contribution in [0.4, 0.5) is 5.13 Å². The van der Waals surface area contributed by atoms with Crippen molar-refractivity contribution in [2.24, 2.45) is 0 Å². The number of rotatable bonds is 4. The molecule has 8 heteroatoms. The monoisotopic (exact) mass is 380 g/mol. The van der Waals surface area contributed by atoms with Crippen LogP contribution in [0.15, 0.2) is 53.3 Å². The van der Waals surface area contributed by atoms with Gasteiger partial charge >= 0.3 is 0 Å². The molecule has 0 unspecified atom stereocenters. The molecule has 1 aliphatic rings. The highest BCUT2D eigenvalue weighted by Crippen LogP contribution is 2.33. The number of nitrogens with zero attached hydrogens (tertiary/aromatic N) is 3. The van der Waals surface area contributed by atoms with E-state index in [4.69, 9.17) is 4.42 Å². The highest BCUT2D eigenvalue weighted by atomic mass is 32.1. The second-order valence-corrected chi connectivity index (χ2v) is 7.01. The number of carbonyl (C=O) groups is 2. The first kappa shape index (κ1) is 17.2. The van der Waals surface area contributed by atoms with Crippen LogP contribution >= 0.6 is 11.3 Å². The molecule has 4 rings (SSSR count). The van der Waals surface area contributed by atoms with Crippen LogP contribution < -0.4 is 5.32 Å². The van der Waals surface area contributed by atoms with Crippen LogP contribution in [0.5, 0.6) is 0 Å². The number of amides is 2. The first-order valence-corrected chi connectivity index (χ1v) is 9.17. The zero-order valence-corrected chi connectivity index (χ0v) is 15.3. The largest absolute Gasteiger partial charge is 0.462 e. The smallest absolute Gasteiger partial charge is 0.228 e. The first-order valence-electron chi connectivity index (χ1n) is 8.35. The number of aromatic nitrogens is 2. The van der Waals surface area contributed by atoms with E-state index < -0.39 is 0 Å². The molecule has 0 radical (unpaired) electrons. The van der Waals surface area contributed by atoms with Crippen LogP contribution in [-0.4, -0.2) is 26.9 Å². The van der Waals surface area contributed by atoms with Gasteiger partial charge in [-0.1, -0.05) is 35.6 Å². The van der Waals surface area contributed by atoms with Gasteiger partial charge in [0.15, 0.2) is 10.8 Å². The maximum absolute atomic E-state index is 12.6. The Morgan fingerprint density at radius 1 is 1.22 bits per heavy atom. The van der Waals surface area contributed by atoms with Crippen molar-refractivity contribution >= 4 is 34.4 Å². The summed E-state index contributed by atoms with van der Waals surface area (Å²) in [6, 6.07) is 10.9. The van der Waals surface area contributed by atoms with Crippen molar-refractivity contribution in [2.75, 3.05) is 5.32 Å². The Hall–Kier alpha value is -3.26. The molecule has 27 heavy (non-hydrogen) atoms. The molecule has 1 aliphatic heterocycles. The number of benzene rings is 1. The Labute approximate surface area is 159 Å². The summed E-state index contributed by atoms with van der Waals surface area (Å²) in [7, 11) is 0. The van der Waals surface area contributed by atoms with E-state index >= 15 is 0 Å². The third kappa shape index (κ3) is 3.52. The van der Waals surface area contributed by atoms with Gasteiger partial charge < -0.3 is 14.6 Å². The van der Waals surface area contributed by atoms with Gasteiger partial charge in [0.2, 0.25) is 16.9 Å². The molecule has 1 aromatic carbocycles. The van der Waals surface area contributed by atoms with Crippen molar-refractivity contribution in [2.45, 2.75) is 19.4 Å². The van der Waals surface area contributed by atoms with Crippen molar-refractivity contribution in [3.63, 3.8) is 0 Å². The molecular formula is C19H16N4O3S. The van der Waals surface area contributed by atoms with Crippen molar-refractivity contribution in [1.82, 2.24) is 15.1 Å². The summed E-state index contributed by atoms with van der Waals surface area (Å²) in [5, 5.41) is 11.8. The van der Waals surface area contributed by atoms with E-state index in [9.17, 15) is 9.59 Å². The number of fused-ring (bicyclic) bond motifs is 1. The molecule has 0 bridgehead atoms. The van der Waals surface area contributed by atoms with Gasteiger partial charge in [-0.25, -0.2) is 0 Å². The lowest BCUT2D eigenvalue weighted by Crippen LogP contribution is -2.33. The SMILES string of the molecule is CC(=O)N1C=Cc2ccccc2[C@@H]1CC(=O)Nc1nnc(-c2ccco2)s1. The number of hydrogen-bond donors (Lipinski definition) is 1. The highest BCUT2D eigenvalue weighted by molar-refractivity contribution is 7.18. The topological polar surface area (TPSA) is 88.3 Å². The van der Waals surface area contributed by atoms with Gasteiger partial charge in [0.05, 0.1) is 18.7 Å². The van der Waals surface area contributed by atoms with E-state index in [1.165, 1.54) is 18.3 Å². The third-order valence-electron chi connectivity index (χ3n) is 4.25. The summed E-state index contributed by atoms with van der Waals surface area (Å²) in [6.07, 6.45) is 5.28. The summed E-state index contributed by atoms with van der Waals surface area (Å²) in [4.78, 5) is 26.2. The Morgan fingerprint density at radius 3 is 2.85 bits per heavy atom. The molecular weight excluding hydrogens is 364 g/mol. The lowest BCUT2D eigenvalue weighted by Gasteiger charge is -2.32. The minimum absolute atomic E-state index is 0.116. The number of furan rings is 1. The first-order chi connectivity index (χ1) is 13.1. The van der Waals surface area contributed by atoms with E-state index in [0.29, 0.717) is 15.9 Å². The summed E-state index contributed by atoms with van der Waals surface area (Å²) in [5.41, 5.74) is 1.95. The lowest BCUT2D eigenvalue weighted by molar-refractivity contribution is -0.129. The van der Waals surface area contributed by atoms with Gasteiger partial charge in [-0.15, -0.1) is 10.2 Å². The fraction of sp³-hybridized carbons (Fsp3) is 0.158. The maximum atomic E-state index is 12.6. The molecule has 1 atom stereocenters. The van der Waals surface area contributed by atoms with Crippen molar-refractivity contribution in [3.05, 3.63) is 60.0 Å². The van der Waals surface area contributed by atoms with Crippen LogP contribution in [0.1, 0.15) is 30.5 Å². The van der Waals surface area contributed by atoms with Gasteiger partial charge in [-0.2, -0.15) is 0 Å². The van der Waals surface area contributed by atoms with E-state index in [1.807, 2.05) is 30.3 Å². The maximum Gasteiger partial charge on any atom is 0.228 e. The molecule has 2 amide bonds. The molecule has 136 valence electrons. The third-order valence-corrected chi connectivity index (χ3v) is 5.10. The van der Waals surface area contributed by atoms with Gasteiger partial charge in [0, 0.05) is 13.1 Å². The molecule has 0 saturated carbocycles. The molecule has 0 fully saturated rings. The fourth-order valence-corrected chi connectivity index (χ4v) is 3.76. The van der Waals surface area contributed by atoms with Crippen molar-refractivity contribution < 1.29 is 14.0 Å². The Morgan fingerprint density at radius 2 is 2.07 bits per heavy atom. The summed E-state index contributed by atoms with van der Waals surface area (Å²) < 4.78 is 5.28. The Bertz CT molecular complexity index is 1010. The average Bonchev–Trinajstić information content (AvgIpc) is 3.33.